The second kappa shape index (κ2) is 5.51. The number of carboxylic acids is 1. The van der Waals surface area contributed by atoms with Crippen LogP contribution in [0.15, 0.2) is 9.42 Å². The second-order valence-corrected chi connectivity index (χ2v) is 6.42. The summed E-state index contributed by atoms with van der Waals surface area (Å²) in [5, 5.41) is 12.5. The number of carboxylic acid groups (broad SMARTS) is 1. The second-order valence-electron chi connectivity index (χ2n) is 4.60. The lowest BCUT2D eigenvalue weighted by Crippen LogP contribution is -2.49. The summed E-state index contributed by atoms with van der Waals surface area (Å²) in [6, 6.07) is -0.722. The molecule has 1 atom stereocenters. The number of aryl methyl sites for hydroxylation is 2. The molecule has 0 saturated carbocycles. The Balaban J connectivity index is 2.38. The third kappa shape index (κ3) is 2.69. The Kier molecular flexibility index (Phi) is 4.11. The molecule has 1 saturated heterocycles. The monoisotopic (exact) mass is 304 g/mol. The molecule has 112 valence electrons. The maximum absolute atomic E-state index is 12.7. The van der Waals surface area contributed by atoms with Crippen LogP contribution < -0.4 is 0 Å². The molecule has 20 heavy (non-hydrogen) atoms. The average Bonchev–Trinajstić information content (AvgIpc) is 2.69. The number of carbonyl (C=O) groups is 1. The minimum absolute atomic E-state index is 0.00906. The smallest absolute Gasteiger partial charge is 0.305 e. The van der Waals surface area contributed by atoms with E-state index in [-0.39, 0.29) is 42.5 Å². The van der Waals surface area contributed by atoms with Gasteiger partial charge in [-0.05, 0) is 13.8 Å². The Morgan fingerprint density at radius 3 is 2.75 bits per heavy atom. The van der Waals surface area contributed by atoms with Crippen molar-refractivity contribution in [1.82, 2.24) is 9.46 Å². The van der Waals surface area contributed by atoms with Crippen molar-refractivity contribution in [1.29, 1.82) is 0 Å². The van der Waals surface area contributed by atoms with E-state index in [9.17, 15) is 13.2 Å². The van der Waals surface area contributed by atoms with E-state index in [0.29, 0.717) is 0 Å². The Bertz CT molecular complexity index is 589. The summed E-state index contributed by atoms with van der Waals surface area (Å²) in [7, 11) is -3.84. The van der Waals surface area contributed by atoms with Gasteiger partial charge < -0.3 is 14.4 Å². The number of ether oxygens (including phenoxy) is 1. The molecule has 1 N–H and O–H groups in total. The fourth-order valence-corrected chi connectivity index (χ4v) is 4.17. The Hall–Kier alpha value is -1.45. The summed E-state index contributed by atoms with van der Waals surface area (Å²) in [5.41, 5.74) is 0.267. The van der Waals surface area contributed by atoms with Gasteiger partial charge in [-0.3, -0.25) is 4.79 Å². The molecule has 0 unspecified atom stereocenters. The number of rotatable bonds is 4. The van der Waals surface area contributed by atoms with Gasteiger partial charge in [0.25, 0.3) is 0 Å². The molecule has 0 aliphatic carbocycles. The van der Waals surface area contributed by atoms with Crippen molar-refractivity contribution in [2.24, 2.45) is 0 Å². The third-order valence-electron chi connectivity index (χ3n) is 3.12. The lowest BCUT2D eigenvalue weighted by Gasteiger charge is -2.33. The molecule has 1 fully saturated rings. The molecule has 8 nitrogen and oxygen atoms in total. The molecule has 0 radical (unpaired) electrons. The van der Waals surface area contributed by atoms with Crippen LogP contribution in [0.25, 0.3) is 0 Å². The van der Waals surface area contributed by atoms with E-state index >= 15 is 0 Å². The van der Waals surface area contributed by atoms with Crippen molar-refractivity contribution in [3.05, 3.63) is 11.5 Å². The summed E-state index contributed by atoms with van der Waals surface area (Å²) >= 11 is 0. The fourth-order valence-electron chi connectivity index (χ4n) is 2.28. The predicted octanol–water partition coefficient (Wildman–Crippen LogP) is 0.156. The molecule has 9 heteroatoms. The quantitative estimate of drug-likeness (QED) is 0.843. The van der Waals surface area contributed by atoms with Gasteiger partial charge in [-0.25, -0.2) is 8.42 Å². The lowest BCUT2D eigenvalue weighted by atomic mass is 10.2. The van der Waals surface area contributed by atoms with Crippen LogP contribution in [0.4, 0.5) is 0 Å². The number of hydrogen-bond acceptors (Lipinski definition) is 6. The Morgan fingerprint density at radius 1 is 1.50 bits per heavy atom. The van der Waals surface area contributed by atoms with E-state index < -0.39 is 22.0 Å². The molecule has 1 aromatic rings. The molecular formula is C11H16N2O6S. The van der Waals surface area contributed by atoms with Gasteiger partial charge in [-0.2, -0.15) is 4.31 Å². The Morgan fingerprint density at radius 2 is 2.20 bits per heavy atom. The zero-order valence-corrected chi connectivity index (χ0v) is 12.0. The van der Waals surface area contributed by atoms with Crippen molar-refractivity contribution >= 4 is 16.0 Å². The normalized spacial score (nSPS) is 21.0. The first-order valence-electron chi connectivity index (χ1n) is 6.08. The first-order valence-corrected chi connectivity index (χ1v) is 7.52. The Labute approximate surface area is 116 Å². The van der Waals surface area contributed by atoms with Crippen LogP contribution in [0.1, 0.15) is 17.9 Å². The van der Waals surface area contributed by atoms with Crippen molar-refractivity contribution in [3.63, 3.8) is 0 Å². The van der Waals surface area contributed by atoms with E-state index in [0.717, 1.165) is 4.31 Å². The van der Waals surface area contributed by atoms with E-state index in [1.54, 1.807) is 0 Å². The standard InChI is InChI=1S/C11H16N2O6S/c1-7-11(8(2)19-12-7)20(16,17)13-3-4-18-6-9(13)5-10(14)15/h9H,3-6H2,1-2H3,(H,14,15)/t9-/m0/s1. The summed E-state index contributed by atoms with van der Waals surface area (Å²) in [6.07, 6.45) is -0.303. The minimum atomic E-state index is -3.84. The topological polar surface area (TPSA) is 110 Å². The van der Waals surface area contributed by atoms with Crippen LogP contribution in [0, 0.1) is 13.8 Å². The molecule has 0 bridgehead atoms. The highest BCUT2D eigenvalue weighted by atomic mass is 32.2. The zero-order valence-electron chi connectivity index (χ0n) is 11.2. The fraction of sp³-hybridized carbons (Fsp3) is 0.636. The van der Waals surface area contributed by atoms with Crippen LogP contribution in [0.2, 0.25) is 0 Å². The minimum Gasteiger partial charge on any atom is -0.481 e. The number of sulfonamides is 1. The number of morpholine rings is 1. The van der Waals surface area contributed by atoms with Gasteiger partial charge in [-0.15, -0.1) is 0 Å². The summed E-state index contributed by atoms with van der Waals surface area (Å²) in [6.45, 7) is 3.47. The number of hydrogen-bond donors (Lipinski definition) is 1. The SMILES string of the molecule is Cc1noc(C)c1S(=O)(=O)N1CCOC[C@@H]1CC(=O)O. The van der Waals surface area contributed by atoms with E-state index in [2.05, 4.69) is 5.16 Å². The highest BCUT2D eigenvalue weighted by molar-refractivity contribution is 7.89. The highest BCUT2D eigenvalue weighted by Gasteiger charge is 2.38. The number of nitrogens with zero attached hydrogens (tertiary/aromatic N) is 2. The van der Waals surface area contributed by atoms with Gasteiger partial charge >= 0.3 is 5.97 Å². The van der Waals surface area contributed by atoms with Crippen LogP contribution in [0.5, 0.6) is 0 Å². The van der Waals surface area contributed by atoms with E-state index in [4.69, 9.17) is 14.4 Å². The predicted molar refractivity (Wildman–Crippen MR) is 66.7 cm³/mol. The average molecular weight is 304 g/mol. The van der Waals surface area contributed by atoms with Crippen molar-refractivity contribution in [2.75, 3.05) is 19.8 Å². The summed E-state index contributed by atoms with van der Waals surface area (Å²) in [4.78, 5) is 10.9. The van der Waals surface area contributed by atoms with Gasteiger partial charge in [0.1, 0.15) is 10.6 Å². The third-order valence-corrected chi connectivity index (χ3v) is 5.32. The van der Waals surface area contributed by atoms with Crippen molar-refractivity contribution < 1.29 is 27.6 Å². The molecule has 1 aliphatic rings. The molecule has 2 rings (SSSR count). The van der Waals surface area contributed by atoms with Gasteiger partial charge in [0, 0.05) is 6.54 Å². The van der Waals surface area contributed by atoms with Gasteiger partial charge in [0.15, 0.2) is 5.76 Å². The summed E-state index contributed by atoms with van der Waals surface area (Å²) < 4.78 is 36.5. The molecule has 2 heterocycles. The van der Waals surface area contributed by atoms with Crippen molar-refractivity contribution in [3.8, 4) is 0 Å². The number of aromatic nitrogens is 1. The first-order chi connectivity index (χ1) is 9.34. The maximum Gasteiger partial charge on any atom is 0.305 e. The van der Waals surface area contributed by atoms with Crippen LogP contribution in [0.3, 0.4) is 0 Å². The van der Waals surface area contributed by atoms with Gasteiger partial charge in [-0.1, -0.05) is 5.16 Å². The van der Waals surface area contributed by atoms with Gasteiger partial charge in [0.05, 0.1) is 25.7 Å². The molecule has 0 aromatic carbocycles. The largest absolute Gasteiger partial charge is 0.481 e. The molecule has 0 spiro atoms. The van der Waals surface area contributed by atoms with E-state index in [1.165, 1.54) is 13.8 Å². The molecule has 1 aromatic heterocycles. The number of aliphatic carboxylic acids is 1. The maximum atomic E-state index is 12.7. The van der Waals surface area contributed by atoms with Crippen LogP contribution >= 0.6 is 0 Å². The van der Waals surface area contributed by atoms with Crippen LogP contribution in [-0.2, 0) is 19.6 Å². The molecule has 0 amide bonds. The van der Waals surface area contributed by atoms with Crippen molar-refractivity contribution in [2.45, 2.75) is 31.2 Å². The molecule has 1 aliphatic heterocycles. The van der Waals surface area contributed by atoms with E-state index in [1.807, 2.05) is 0 Å². The lowest BCUT2D eigenvalue weighted by molar-refractivity contribution is -0.139. The zero-order chi connectivity index (χ0) is 14.9. The summed E-state index contributed by atoms with van der Waals surface area (Å²) in [5.74, 6) is -0.873. The highest BCUT2D eigenvalue weighted by Crippen LogP contribution is 2.26. The van der Waals surface area contributed by atoms with Crippen LogP contribution in [-0.4, -0.2) is 54.8 Å². The van der Waals surface area contributed by atoms with Gasteiger partial charge in [0.2, 0.25) is 10.0 Å². The first kappa shape index (κ1) is 14.9. The molecular weight excluding hydrogens is 288 g/mol.